The van der Waals surface area contributed by atoms with Gasteiger partial charge in [-0.05, 0) is 65.2 Å². The lowest BCUT2D eigenvalue weighted by Crippen LogP contribution is -2.48. The van der Waals surface area contributed by atoms with Crippen LogP contribution >= 0.6 is 0 Å². The fraction of sp³-hybridized carbons (Fsp3) is 0.125. The molecule has 2 N–H and O–H groups in total. The van der Waals surface area contributed by atoms with Gasteiger partial charge in [-0.25, -0.2) is 8.78 Å². The molecule has 0 radical (unpaired) electrons. The number of rotatable bonds is 9. The number of aromatic nitrogens is 3. The molecule has 0 aliphatic heterocycles. The van der Waals surface area contributed by atoms with Gasteiger partial charge in [-0.1, -0.05) is 36.4 Å². The summed E-state index contributed by atoms with van der Waals surface area (Å²) in [6.07, 6.45) is 4.75. The zero-order chi connectivity index (χ0) is 29.6. The van der Waals surface area contributed by atoms with Crippen molar-refractivity contribution in [3.05, 3.63) is 132 Å². The summed E-state index contributed by atoms with van der Waals surface area (Å²) < 4.78 is 34.5. The summed E-state index contributed by atoms with van der Waals surface area (Å²) in [5, 5.41) is 9.77. The highest BCUT2D eigenvalue weighted by molar-refractivity contribution is 6.01. The monoisotopic (exact) mass is 567 g/mol. The van der Waals surface area contributed by atoms with E-state index in [0.29, 0.717) is 22.6 Å². The van der Waals surface area contributed by atoms with E-state index in [2.05, 4.69) is 20.7 Å². The normalized spacial score (nSPS) is 11.6. The summed E-state index contributed by atoms with van der Waals surface area (Å²) >= 11 is 0. The molecule has 5 rings (SSSR count). The second-order valence-electron chi connectivity index (χ2n) is 9.51. The standard InChI is InChI=1S/C32H27F2N5O3/c1-39-27(16-18-36-39)31(40)38-30(29(21-3-9-23(33)10-4-21)22-5-11-24(34)12-6-22)32(41)37-25-13-7-20(8-14-25)26-15-17-35-19-28(26)42-2/h3-19,29-30H,1-2H3,(H,37,41)(H,38,40). The van der Waals surface area contributed by atoms with E-state index in [1.54, 1.807) is 38.7 Å². The summed E-state index contributed by atoms with van der Waals surface area (Å²) in [5.41, 5.74) is 3.50. The van der Waals surface area contributed by atoms with Gasteiger partial charge in [0.15, 0.2) is 0 Å². The maximum absolute atomic E-state index is 14.0. The number of ether oxygens (including phenoxy) is 1. The highest BCUT2D eigenvalue weighted by Gasteiger charge is 2.33. The molecule has 0 bridgehead atoms. The molecule has 5 aromatic rings. The Morgan fingerprint density at radius 1 is 0.833 bits per heavy atom. The van der Waals surface area contributed by atoms with Crippen molar-refractivity contribution in [2.75, 3.05) is 12.4 Å². The number of benzene rings is 3. The minimum absolute atomic E-state index is 0.236. The molecule has 2 amide bonds. The number of methoxy groups -OCH3 is 1. The number of aryl methyl sites for hydroxylation is 1. The van der Waals surface area contributed by atoms with E-state index in [4.69, 9.17) is 4.74 Å². The first kappa shape index (κ1) is 28.2. The average molecular weight is 568 g/mol. The smallest absolute Gasteiger partial charge is 0.270 e. The van der Waals surface area contributed by atoms with E-state index >= 15 is 0 Å². The maximum atomic E-state index is 14.0. The number of carbonyl (C=O) groups excluding carboxylic acids is 2. The Balaban J connectivity index is 1.51. The van der Waals surface area contributed by atoms with Crippen LogP contribution in [-0.4, -0.2) is 39.7 Å². The Bertz CT molecular complexity index is 1640. The van der Waals surface area contributed by atoms with Gasteiger partial charge in [0.25, 0.3) is 5.91 Å². The summed E-state index contributed by atoms with van der Waals surface area (Å²) in [4.78, 5) is 31.4. The van der Waals surface area contributed by atoms with Gasteiger partial charge in [-0.3, -0.25) is 19.3 Å². The van der Waals surface area contributed by atoms with Gasteiger partial charge in [0.1, 0.15) is 29.1 Å². The number of nitrogens with one attached hydrogen (secondary N) is 2. The topological polar surface area (TPSA) is 98.1 Å². The Morgan fingerprint density at radius 2 is 1.45 bits per heavy atom. The second kappa shape index (κ2) is 12.4. The maximum Gasteiger partial charge on any atom is 0.270 e. The highest BCUT2D eigenvalue weighted by atomic mass is 19.1. The Labute approximate surface area is 241 Å². The lowest BCUT2D eigenvalue weighted by atomic mass is 9.84. The van der Waals surface area contributed by atoms with Crippen LogP contribution in [0.4, 0.5) is 14.5 Å². The van der Waals surface area contributed by atoms with Crippen LogP contribution in [0.1, 0.15) is 27.5 Å². The molecule has 0 saturated carbocycles. The summed E-state index contributed by atoms with van der Waals surface area (Å²) in [7, 11) is 3.18. The number of halogens is 2. The van der Waals surface area contributed by atoms with Crippen LogP contribution in [0.5, 0.6) is 5.75 Å². The van der Waals surface area contributed by atoms with Gasteiger partial charge in [-0.15, -0.1) is 0 Å². The Hall–Kier alpha value is -5.38. The number of amides is 2. The highest BCUT2D eigenvalue weighted by Crippen LogP contribution is 2.32. The molecule has 0 aliphatic carbocycles. The molecule has 2 heterocycles. The molecule has 212 valence electrons. The second-order valence-corrected chi connectivity index (χ2v) is 9.51. The van der Waals surface area contributed by atoms with Crippen molar-refractivity contribution in [3.63, 3.8) is 0 Å². The number of anilines is 1. The minimum atomic E-state index is -1.18. The molecule has 1 atom stereocenters. The van der Waals surface area contributed by atoms with Crippen LogP contribution in [0.3, 0.4) is 0 Å². The SMILES string of the molecule is COc1cnccc1-c1ccc(NC(=O)C(NC(=O)c2ccnn2C)C(c2ccc(F)cc2)c2ccc(F)cc2)cc1. The van der Waals surface area contributed by atoms with Gasteiger partial charge in [0.05, 0.1) is 13.3 Å². The zero-order valence-corrected chi connectivity index (χ0v) is 22.8. The van der Waals surface area contributed by atoms with Crippen LogP contribution in [0.15, 0.2) is 104 Å². The molecule has 0 saturated heterocycles. The molecule has 8 nitrogen and oxygen atoms in total. The first-order valence-corrected chi connectivity index (χ1v) is 13.0. The summed E-state index contributed by atoms with van der Waals surface area (Å²) in [5.74, 6) is -2.16. The quantitative estimate of drug-likeness (QED) is 0.251. The van der Waals surface area contributed by atoms with Crippen LogP contribution in [0, 0.1) is 11.6 Å². The van der Waals surface area contributed by atoms with Crippen molar-refractivity contribution in [1.29, 1.82) is 0 Å². The van der Waals surface area contributed by atoms with Crippen molar-refractivity contribution >= 4 is 17.5 Å². The van der Waals surface area contributed by atoms with E-state index in [1.165, 1.54) is 65.5 Å². The number of hydrogen-bond donors (Lipinski definition) is 2. The number of hydrogen-bond acceptors (Lipinski definition) is 5. The summed E-state index contributed by atoms with van der Waals surface area (Å²) in [6, 6.07) is 20.5. The van der Waals surface area contributed by atoms with Crippen molar-refractivity contribution in [2.45, 2.75) is 12.0 Å². The number of carbonyl (C=O) groups is 2. The third-order valence-electron chi connectivity index (χ3n) is 6.88. The van der Waals surface area contributed by atoms with Gasteiger partial charge in [0.2, 0.25) is 5.91 Å². The predicted octanol–water partition coefficient (Wildman–Crippen LogP) is 5.34. The van der Waals surface area contributed by atoms with E-state index in [9.17, 15) is 18.4 Å². The molecule has 0 fully saturated rings. The largest absolute Gasteiger partial charge is 0.494 e. The third kappa shape index (κ3) is 6.17. The van der Waals surface area contributed by atoms with E-state index in [0.717, 1.165) is 11.1 Å². The molecule has 42 heavy (non-hydrogen) atoms. The Morgan fingerprint density at radius 3 is 2.00 bits per heavy atom. The third-order valence-corrected chi connectivity index (χ3v) is 6.88. The van der Waals surface area contributed by atoms with Crippen molar-refractivity contribution in [3.8, 4) is 16.9 Å². The van der Waals surface area contributed by atoms with Crippen LogP contribution in [0.25, 0.3) is 11.1 Å². The van der Waals surface area contributed by atoms with E-state index < -0.39 is 35.4 Å². The average Bonchev–Trinajstić information content (AvgIpc) is 3.44. The molecule has 10 heteroatoms. The van der Waals surface area contributed by atoms with Crippen molar-refractivity contribution in [1.82, 2.24) is 20.1 Å². The fourth-order valence-electron chi connectivity index (χ4n) is 4.76. The van der Waals surface area contributed by atoms with Crippen LogP contribution in [0.2, 0.25) is 0 Å². The Kier molecular flexibility index (Phi) is 8.33. The predicted molar refractivity (Wildman–Crippen MR) is 154 cm³/mol. The number of nitrogens with zero attached hydrogens (tertiary/aromatic N) is 3. The van der Waals surface area contributed by atoms with Gasteiger partial charge < -0.3 is 15.4 Å². The van der Waals surface area contributed by atoms with Crippen LogP contribution in [-0.2, 0) is 11.8 Å². The molecular weight excluding hydrogens is 540 g/mol. The van der Waals surface area contributed by atoms with E-state index in [-0.39, 0.29) is 5.69 Å². The molecule has 2 aromatic heterocycles. The van der Waals surface area contributed by atoms with Gasteiger partial charge in [0, 0.05) is 36.6 Å². The minimum Gasteiger partial charge on any atom is -0.494 e. The van der Waals surface area contributed by atoms with Crippen molar-refractivity contribution in [2.24, 2.45) is 7.05 Å². The zero-order valence-electron chi connectivity index (χ0n) is 22.8. The van der Waals surface area contributed by atoms with Crippen molar-refractivity contribution < 1.29 is 23.1 Å². The van der Waals surface area contributed by atoms with Gasteiger partial charge in [-0.2, -0.15) is 5.10 Å². The molecule has 0 spiro atoms. The molecule has 3 aromatic carbocycles. The van der Waals surface area contributed by atoms with E-state index in [1.807, 2.05) is 18.2 Å². The summed E-state index contributed by atoms with van der Waals surface area (Å²) in [6.45, 7) is 0. The van der Waals surface area contributed by atoms with Gasteiger partial charge >= 0.3 is 0 Å². The number of pyridine rings is 1. The van der Waals surface area contributed by atoms with Crippen LogP contribution < -0.4 is 15.4 Å². The first-order chi connectivity index (χ1) is 20.3. The molecule has 0 aliphatic rings. The molecule has 1 unspecified atom stereocenters. The lowest BCUT2D eigenvalue weighted by Gasteiger charge is -2.28. The first-order valence-electron chi connectivity index (χ1n) is 13.0. The fourth-order valence-corrected chi connectivity index (χ4v) is 4.76. The lowest BCUT2D eigenvalue weighted by molar-refractivity contribution is -0.118. The molecular formula is C32H27F2N5O3.